The summed E-state index contributed by atoms with van der Waals surface area (Å²) in [5, 5.41) is 25.9. The zero-order valence-electron chi connectivity index (χ0n) is 18.3. The second-order valence-electron chi connectivity index (χ2n) is 7.68. The van der Waals surface area contributed by atoms with Crippen LogP contribution < -0.4 is 10.9 Å². The fraction of sp³-hybridized carbons (Fsp3) is 0.0769. The Hall–Kier alpha value is -4.79. The number of hydrogen-bond donors (Lipinski definition) is 3. The maximum Gasteiger partial charge on any atom is 0.322 e. The lowest BCUT2D eigenvalue weighted by atomic mass is 10.0. The number of nitrogens with one attached hydrogen (secondary N) is 1. The van der Waals surface area contributed by atoms with Crippen molar-refractivity contribution in [2.24, 2.45) is 0 Å². The number of carbonyl (C=O) groups excluding carboxylic acids is 1. The van der Waals surface area contributed by atoms with Crippen molar-refractivity contribution < 1.29 is 24.2 Å². The predicted molar refractivity (Wildman–Crippen MR) is 127 cm³/mol. The molecule has 4 aromatic rings. The van der Waals surface area contributed by atoms with Crippen LogP contribution in [0.15, 0.2) is 83.7 Å². The molecule has 0 unspecified atom stereocenters. The lowest BCUT2D eigenvalue weighted by molar-refractivity contribution is -0.135. The molecule has 0 saturated heterocycles. The summed E-state index contributed by atoms with van der Waals surface area (Å²) in [4.78, 5) is 36.5. The van der Waals surface area contributed by atoms with Gasteiger partial charge in [-0.25, -0.2) is 9.07 Å². The molecule has 0 aliphatic heterocycles. The zero-order chi connectivity index (χ0) is 24.9. The molecule has 1 amide bonds. The quantitative estimate of drug-likeness (QED) is 0.379. The Balaban J connectivity index is 1.75. The van der Waals surface area contributed by atoms with Crippen molar-refractivity contribution in [1.29, 1.82) is 0 Å². The maximum absolute atomic E-state index is 13.4. The topological polar surface area (TPSA) is 122 Å². The summed E-state index contributed by atoms with van der Waals surface area (Å²) in [5.41, 5.74) is 1.29. The van der Waals surface area contributed by atoms with Gasteiger partial charge >= 0.3 is 5.97 Å². The van der Waals surface area contributed by atoms with Gasteiger partial charge in [0.05, 0.1) is 6.54 Å². The lowest BCUT2D eigenvalue weighted by Crippen LogP contribution is -2.37. The summed E-state index contributed by atoms with van der Waals surface area (Å²) in [5.74, 6) is -3.61. The summed E-state index contributed by atoms with van der Waals surface area (Å²) in [7, 11) is 0. The Bertz CT molecular complexity index is 1430. The molecule has 0 radical (unpaired) electrons. The molecular formula is C26H20FN3O5. The predicted octanol–water partition coefficient (Wildman–Crippen LogP) is 3.28. The molecule has 0 bridgehead atoms. The summed E-state index contributed by atoms with van der Waals surface area (Å²) in [6, 6.07) is 22.1. The van der Waals surface area contributed by atoms with Crippen LogP contribution in [-0.2, 0) is 11.3 Å². The standard InChI is InChI=1S/C26H20FN3O5/c27-20-12-10-19(11-13-20)23-24(33)22(25(34)28-14-21(31)32)26(35)30(29-23)15-16-6-8-18(9-7-16)17-4-2-1-3-5-17/h1-13,33H,14-15H2,(H,28,34)(H,31,32). The van der Waals surface area contributed by atoms with Gasteiger partial charge in [-0.3, -0.25) is 14.4 Å². The van der Waals surface area contributed by atoms with Crippen LogP contribution in [0.3, 0.4) is 0 Å². The average molecular weight is 473 g/mol. The monoisotopic (exact) mass is 473 g/mol. The number of amides is 1. The second kappa shape index (κ2) is 10.0. The Kier molecular flexibility index (Phi) is 6.68. The lowest BCUT2D eigenvalue weighted by Gasteiger charge is -2.14. The fourth-order valence-corrected chi connectivity index (χ4v) is 3.53. The third kappa shape index (κ3) is 5.25. The molecule has 0 aliphatic rings. The number of aliphatic carboxylic acids is 1. The molecule has 0 aliphatic carbocycles. The molecule has 8 nitrogen and oxygen atoms in total. The van der Waals surface area contributed by atoms with E-state index in [4.69, 9.17) is 5.11 Å². The summed E-state index contributed by atoms with van der Waals surface area (Å²) in [6.07, 6.45) is 0. The molecule has 9 heteroatoms. The van der Waals surface area contributed by atoms with Gasteiger partial charge in [0.25, 0.3) is 11.5 Å². The first-order valence-corrected chi connectivity index (χ1v) is 10.6. The minimum absolute atomic E-state index is 0.0262. The van der Waals surface area contributed by atoms with Crippen molar-refractivity contribution in [3.05, 3.63) is 106 Å². The SMILES string of the molecule is O=C(O)CNC(=O)c1c(O)c(-c2ccc(F)cc2)nn(Cc2ccc(-c3ccccc3)cc2)c1=O. The number of rotatable bonds is 7. The number of benzene rings is 3. The van der Waals surface area contributed by atoms with Crippen LogP contribution in [0.1, 0.15) is 15.9 Å². The molecule has 0 fully saturated rings. The van der Waals surface area contributed by atoms with Crippen LogP contribution in [0.4, 0.5) is 4.39 Å². The van der Waals surface area contributed by atoms with Crippen molar-refractivity contribution >= 4 is 11.9 Å². The van der Waals surface area contributed by atoms with Gasteiger partial charge in [0, 0.05) is 5.56 Å². The van der Waals surface area contributed by atoms with E-state index in [-0.39, 0.29) is 17.8 Å². The van der Waals surface area contributed by atoms with Gasteiger partial charge < -0.3 is 15.5 Å². The molecule has 35 heavy (non-hydrogen) atoms. The van der Waals surface area contributed by atoms with Gasteiger partial charge in [-0.15, -0.1) is 0 Å². The average Bonchev–Trinajstić information content (AvgIpc) is 2.86. The van der Waals surface area contributed by atoms with Gasteiger partial charge in [-0.1, -0.05) is 54.6 Å². The third-order valence-corrected chi connectivity index (χ3v) is 5.27. The third-order valence-electron chi connectivity index (χ3n) is 5.27. The van der Waals surface area contributed by atoms with E-state index in [1.165, 1.54) is 12.1 Å². The maximum atomic E-state index is 13.4. The smallest absolute Gasteiger partial charge is 0.322 e. The molecular weight excluding hydrogens is 453 g/mol. The molecule has 1 heterocycles. The number of carbonyl (C=O) groups is 2. The van der Waals surface area contributed by atoms with Crippen LogP contribution >= 0.6 is 0 Å². The highest BCUT2D eigenvalue weighted by Gasteiger charge is 2.24. The molecule has 3 N–H and O–H groups in total. The van der Waals surface area contributed by atoms with E-state index >= 15 is 0 Å². The first kappa shape index (κ1) is 23.4. The van der Waals surface area contributed by atoms with Crippen molar-refractivity contribution in [2.75, 3.05) is 6.54 Å². The highest BCUT2D eigenvalue weighted by atomic mass is 19.1. The van der Waals surface area contributed by atoms with Crippen LogP contribution in [0.5, 0.6) is 5.75 Å². The van der Waals surface area contributed by atoms with E-state index in [2.05, 4.69) is 10.4 Å². The minimum Gasteiger partial charge on any atom is -0.505 e. The Labute approximate surface area is 198 Å². The van der Waals surface area contributed by atoms with Crippen LogP contribution in [-0.4, -0.2) is 38.4 Å². The van der Waals surface area contributed by atoms with E-state index in [0.717, 1.165) is 27.9 Å². The molecule has 0 saturated carbocycles. The number of carboxylic acid groups (broad SMARTS) is 1. The molecule has 176 valence electrons. The number of nitrogens with zero attached hydrogens (tertiary/aromatic N) is 2. The number of carboxylic acids is 1. The number of aromatic nitrogens is 2. The molecule has 1 aromatic heterocycles. The highest BCUT2D eigenvalue weighted by molar-refractivity contribution is 5.99. The molecule has 0 spiro atoms. The van der Waals surface area contributed by atoms with E-state index in [0.29, 0.717) is 5.56 Å². The van der Waals surface area contributed by atoms with E-state index < -0.39 is 41.1 Å². The second-order valence-corrected chi connectivity index (χ2v) is 7.68. The highest BCUT2D eigenvalue weighted by Crippen LogP contribution is 2.29. The van der Waals surface area contributed by atoms with Gasteiger partial charge in [0.15, 0.2) is 11.3 Å². The minimum atomic E-state index is -1.32. The fourth-order valence-electron chi connectivity index (χ4n) is 3.53. The Morgan fingerprint density at radius 1 is 0.886 bits per heavy atom. The van der Waals surface area contributed by atoms with Crippen molar-refractivity contribution in [2.45, 2.75) is 6.54 Å². The summed E-state index contributed by atoms with van der Waals surface area (Å²) < 4.78 is 14.4. The summed E-state index contributed by atoms with van der Waals surface area (Å²) >= 11 is 0. The number of aromatic hydroxyl groups is 1. The van der Waals surface area contributed by atoms with Gasteiger partial charge in [-0.05, 0) is 41.0 Å². The van der Waals surface area contributed by atoms with Gasteiger partial charge in [0.2, 0.25) is 0 Å². The zero-order valence-corrected chi connectivity index (χ0v) is 18.3. The van der Waals surface area contributed by atoms with Gasteiger partial charge in [0.1, 0.15) is 18.1 Å². The van der Waals surface area contributed by atoms with Crippen molar-refractivity contribution in [1.82, 2.24) is 15.1 Å². The van der Waals surface area contributed by atoms with E-state index in [9.17, 15) is 23.9 Å². The molecule has 4 rings (SSSR count). The summed E-state index contributed by atoms with van der Waals surface area (Å²) in [6.45, 7) is -0.769. The largest absolute Gasteiger partial charge is 0.505 e. The van der Waals surface area contributed by atoms with E-state index in [1.54, 1.807) is 0 Å². The van der Waals surface area contributed by atoms with Crippen molar-refractivity contribution in [3.63, 3.8) is 0 Å². The normalized spacial score (nSPS) is 10.7. The first-order chi connectivity index (χ1) is 16.8. The number of hydrogen-bond acceptors (Lipinski definition) is 5. The van der Waals surface area contributed by atoms with Crippen molar-refractivity contribution in [3.8, 4) is 28.1 Å². The van der Waals surface area contributed by atoms with Crippen LogP contribution in [0.2, 0.25) is 0 Å². The first-order valence-electron chi connectivity index (χ1n) is 10.6. The van der Waals surface area contributed by atoms with E-state index in [1.807, 2.05) is 54.6 Å². The molecule has 0 atom stereocenters. The Morgan fingerprint density at radius 2 is 1.49 bits per heavy atom. The molecule has 3 aromatic carbocycles. The van der Waals surface area contributed by atoms with Crippen LogP contribution in [0, 0.1) is 5.82 Å². The van der Waals surface area contributed by atoms with Crippen LogP contribution in [0.25, 0.3) is 22.4 Å². The van der Waals surface area contributed by atoms with Gasteiger partial charge in [-0.2, -0.15) is 5.10 Å². The Morgan fingerprint density at radius 3 is 2.11 bits per heavy atom. The number of halogens is 1.